The monoisotopic (exact) mass is 272 g/mol. The maximum Gasteiger partial charge on any atom is 0.226 e. The van der Waals surface area contributed by atoms with Crippen molar-refractivity contribution in [1.82, 2.24) is 20.2 Å². The molecule has 0 aromatic carbocycles. The van der Waals surface area contributed by atoms with Crippen molar-refractivity contribution in [2.45, 2.75) is 25.7 Å². The number of H-pyrrole nitrogens is 1. The normalized spacial score (nSPS) is 28.1. The number of fused-ring (bicyclic) bond motifs is 3. The van der Waals surface area contributed by atoms with Crippen LogP contribution < -0.4 is 10.6 Å². The van der Waals surface area contributed by atoms with E-state index in [1.165, 1.54) is 25.7 Å². The van der Waals surface area contributed by atoms with Crippen LogP contribution in [-0.4, -0.2) is 33.8 Å². The van der Waals surface area contributed by atoms with E-state index in [4.69, 9.17) is 0 Å². The standard InChI is InChI=1S/C14H20N6/c1-15-14-18-12(11-7-17-20-13(11)19-14)16-6-10-5-8-2-3-9(10)4-8/h7-10H,2-6H2,1H3,(H3,15,16,17,18,19,20). The zero-order valence-electron chi connectivity index (χ0n) is 11.7. The second-order valence-electron chi connectivity index (χ2n) is 6.09. The molecule has 2 aliphatic carbocycles. The fourth-order valence-electron chi connectivity index (χ4n) is 3.94. The van der Waals surface area contributed by atoms with E-state index in [1.807, 2.05) is 7.05 Å². The average Bonchev–Trinajstić information content (AvgIpc) is 3.19. The van der Waals surface area contributed by atoms with Gasteiger partial charge in [-0.3, -0.25) is 5.10 Å². The van der Waals surface area contributed by atoms with Crippen LogP contribution in [0.4, 0.5) is 11.8 Å². The number of hydrogen-bond acceptors (Lipinski definition) is 5. The first-order valence-electron chi connectivity index (χ1n) is 7.46. The molecule has 2 fully saturated rings. The number of aromatic amines is 1. The molecule has 6 heteroatoms. The van der Waals surface area contributed by atoms with Crippen LogP contribution in [0.15, 0.2) is 6.20 Å². The van der Waals surface area contributed by atoms with E-state index in [2.05, 4.69) is 30.8 Å². The van der Waals surface area contributed by atoms with Gasteiger partial charge in [0.05, 0.1) is 11.6 Å². The predicted molar refractivity (Wildman–Crippen MR) is 78.7 cm³/mol. The molecule has 6 nitrogen and oxygen atoms in total. The molecule has 4 rings (SSSR count). The number of aromatic nitrogens is 4. The molecule has 2 bridgehead atoms. The van der Waals surface area contributed by atoms with Gasteiger partial charge in [0.1, 0.15) is 5.82 Å². The van der Waals surface area contributed by atoms with Crippen molar-refractivity contribution in [1.29, 1.82) is 0 Å². The molecule has 3 atom stereocenters. The van der Waals surface area contributed by atoms with Crippen molar-refractivity contribution >= 4 is 22.8 Å². The van der Waals surface area contributed by atoms with E-state index < -0.39 is 0 Å². The summed E-state index contributed by atoms with van der Waals surface area (Å²) in [6.07, 6.45) is 7.49. The summed E-state index contributed by atoms with van der Waals surface area (Å²) in [5.41, 5.74) is 0.778. The van der Waals surface area contributed by atoms with Crippen molar-refractivity contribution in [2.24, 2.45) is 17.8 Å². The third-order valence-corrected chi connectivity index (χ3v) is 4.95. The summed E-state index contributed by atoms with van der Waals surface area (Å²) in [5.74, 6) is 4.23. The molecule has 20 heavy (non-hydrogen) atoms. The second-order valence-corrected chi connectivity index (χ2v) is 6.09. The molecule has 2 heterocycles. The van der Waals surface area contributed by atoms with Crippen LogP contribution in [0.2, 0.25) is 0 Å². The van der Waals surface area contributed by atoms with Crippen molar-refractivity contribution < 1.29 is 0 Å². The van der Waals surface area contributed by atoms with Crippen molar-refractivity contribution in [3.63, 3.8) is 0 Å². The lowest BCUT2D eigenvalue weighted by atomic mass is 9.89. The minimum absolute atomic E-state index is 0.622. The predicted octanol–water partition coefficient (Wildman–Crippen LogP) is 2.24. The summed E-state index contributed by atoms with van der Waals surface area (Å²) in [6, 6.07) is 0. The van der Waals surface area contributed by atoms with E-state index in [1.54, 1.807) is 6.20 Å². The maximum absolute atomic E-state index is 4.52. The molecule has 0 radical (unpaired) electrons. The highest BCUT2D eigenvalue weighted by Gasteiger charge is 2.39. The van der Waals surface area contributed by atoms with E-state index in [0.717, 1.165) is 41.1 Å². The van der Waals surface area contributed by atoms with Gasteiger partial charge in [0, 0.05) is 13.6 Å². The summed E-state index contributed by atoms with van der Waals surface area (Å²) in [5, 5.41) is 14.5. The Kier molecular flexibility index (Phi) is 2.75. The number of nitrogens with zero attached hydrogens (tertiary/aromatic N) is 3. The van der Waals surface area contributed by atoms with E-state index >= 15 is 0 Å². The maximum atomic E-state index is 4.52. The molecular weight excluding hydrogens is 252 g/mol. The fourth-order valence-corrected chi connectivity index (χ4v) is 3.94. The lowest BCUT2D eigenvalue weighted by molar-refractivity contribution is 0.348. The molecule has 2 saturated carbocycles. The molecule has 2 aromatic rings. The highest BCUT2D eigenvalue weighted by molar-refractivity contribution is 5.86. The first-order valence-corrected chi connectivity index (χ1v) is 7.46. The van der Waals surface area contributed by atoms with E-state index in [9.17, 15) is 0 Å². The van der Waals surface area contributed by atoms with Gasteiger partial charge in [-0.15, -0.1) is 0 Å². The molecule has 0 amide bonds. The second kappa shape index (κ2) is 4.61. The number of rotatable bonds is 4. The zero-order valence-corrected chi connectivity index (χ0v) is 11.7. The molecule has 0 spiro atoms. The molecule has 0 saturated heterocycles. The molecule has 0 aliphatic heterocycles. The Labute approximate surface area is 117 Å². The fraction of sp³-hybridized carbons (Fsp3) is 0.643. The number of nitrogens with one attached hydrogen (secondary N) is 3. The lowest BCUT2D eigenvalue weighted by Crippen LogP contribution is -2.20. The summed E-state index contributed by atoms with van der Waals surface area (Å²) in [7, 11) is 1.83. The Bertz CT molecular complexity index is 621. The van der Waals surface area contributed by atoms with E-state index in [-0.39, 0.29) is 0 Å². The molecular formula is C14H20N6. The highest BCUT2D eigenvalue weighted by atomic mass is 15.2. The third-order valence-electron chi connectivity index (χ3n) is 4.95. The Morgan fingerprint density at radius 3 is 3.00 bits per heavy atom. The van der Waals surface area contributed by atoms with Crippen molar-refractivity contribution in [3.8, 4) is 0 Å². The molecule has 3 unspecified atom stereocenters. The van der Waals surface area contributed by atoms with Crippen LogP contribution in [0.3, 0.4) is 0 Å². The van der Waals surface area contributed by atoms with E-state index in [0.29, 0.717) is 5.95 Å². The number of anilines is 2. The topological polar surface area (TPSA) is 78.5 Å². The van der Waals surface area contributed by atoms with Gasteiger partial charge in [-0.05, 0) is 37.0 Å². The first kappa shape index (κ1) is 11.9. The van der Waals surface area contributed by atoms with Gasteiger partial charge < -0.3 is 10.6 Å². The van der Waals surface area contributed by atoms with Gasteiger partial charge in [0.15, 0.2) is 5.65 Å². The van der Waals surface area contributed by atoms with Crippen LogP contribution in [0.1, 0.15) is 25.7 Å². The Morgan fingerprint density at radius 2 is 2.25 bits per heavy atom. The minimum atomic E-state index is 0.622. The van der Waals surface area contributed by atoms with Crippen LogP contribution >= 0.6 is 0 Å². The summed E-state index contributed by atoms with van der Waals surface area (Å²) < 4.78 is 0. The van der Waals surface area contributed by atoms with Gasteiger partial charge in [-0.2, -0.15) is 15.1 Å². The zero-order chi connectivity index (χ0) is 13.5. The van der Waals surface area contributed by atoms with Gasteiger partial charge in [-0.25, -0.2) is 0 Å². The van der Waals surface area contributed by atoms with Crippen molar-refractivity contribution in [3.05, 3.63) is 6.20 Å². The molecule has 2 aliphatic rings. The molecule has 3 N–H and O–H groups in total. The lowest BCUT2D eigenvalue weighted by Gasteiger charge is -2.22. The summed E-state index contributed by atoms with van der Waals surface area (Å²) in [6.45, 7) is 1.02. The third kappa shape index (κ3) is 1.90. The molecule has 2 aromatic heterocycles. The molecule has 106 valence electrons. The first-order chi connectivity index (χ1) is 9.83. The Morgan fingerprint density at radius 1 is 1.30 bits per heavy atom. The van der Waals surface area contributed by atoms with Crippen molar-refractivity contribution in [2.75, 3.05) is 24.2 Å². The smallest absolute Gasteiger partial charge is 0.226 e. The largest absolute Gasteiger partial charge is 0.369 e. The van der Waals surface area contributed by atoms with Crippen LogP contribution in [-0.2, 0) is 0 Å². The van der Waals surface area contributed by atoms with Gasteiger partial charge in [-0.1, -0.05) is 6.42 Å². The summed E-state index contributed by atoms with van der Waals surface area (Å²) >= 11 is 0. The van der Waals surface area contributed by atoms with Crippen LogP contribution in [0.5, 0.6) is 0 Å². The number of hydrogen-bond donors (Lipinski definition) is 3. The average molecular weight is 272 g/mol. The quantitative estimate of drug-likeness (QED) is 0.795. The van der Waals surface area contributed by atoms with Gasteiger partial charge >= 0.3 is 0 Å². The van der Waals surface area contributed by atoms with Gasteiger partial charge in [0.25, 0.3) is 0 Å². The Hall–Kier alpha value is -1.85. The van der Waals surface area contributed by atoms with Gasteiger partial charge in [0.2, 0.25) is 5.95 Å². The Balaban J connectivity index is 1.54. The minimum Gasteiger partial charge on any atom is -0.369 e. The van der Waals surface area contributed by atoms with Crippen LogP contribution in [0, 0.1) is 17.8 Å². The highest BCUT2D eigenvalue weighted by Crippen LogP contribution is 2.48. The SMILES string of the molecule is CNc1nc(NCC2CC3CCC2C3)c2cn[nH]c2n1. The van der Waals surface area contributed by atoms with Crippen LogP contribution in [0.25, 0.3) is 11.0 Å². The summed E-state index contributed by atoms with van der Waals surface area (Å²) in [4.78, 5) is 8.87.